The first-order valence-electron chi connectivity index (χ1n) is 15.2. The number of benzene rings is 2. The quantitative estimate of drug-likeness (QED) is 0.269. The lowest BCUT2D eigenvalue weighted by Gasteiger charge is -2.35. The molecular formula is C34H40N6O5S. The number of fused-ring (bicyclic) bond motifs is 4. The van der Waals surface area contributed by atoms with Crippen molar-refractivity contribution >= 4 is 21.9 Å². The van der Waals surface area contributed by atoms with Gasteiger partial charge in [0.2, 0.25) is 17.7 Å². The Morgan fingerprint density at radius 1 is 1.02 bits per heavy atom. The molecule has 46 heavy (non-hydrogen) atoms. The Labute approximate surface area is 270 Å². The summed E-state index contributed by atoms with van der Waals surface area (Å²) in [7, 11) is -4.17. The fourth-order valence-corrected chi connectivity index (χ4v) is 6.44. The van der Waals surface area contributed by atoms with E-state index in [0.29, 0.717) is 23.7 Å². The van der Waals surface area contributed by atoms with Crippen LogP contribution in [0.2, 0.25) is 0 Å². The molecule has 0 saturated carbocycles. The molecule has 5 rings (SSSR count). The number of hydrogen-bond donors (Lipinski definition) is 1. The largest absolute Gasteiger partial charge is 0.475 e. The van der Waals surface area contributed by atoms with E-state index >= 15 is 0 Å². The van der Waals surface area contributed by atoms with E-state index in [0.717, 1.165) is 16.7 Å². The lowest BCUT2D eigenvalue weighted by atomic mass is 9.87. The second-order valence-electron chi connectivity index (χ2n) is 13.0. The van der Waals surface area contributed by atoms with Crippen molar-refractivity contribution in [1.29, 1.82) is 0 Å². The Morgan fingerprint density at radius 3 is 2.39 bits per heavy atom. The van der Waals surface area contributed by atoms with Crippen LogP contribution in [0.3, 0.4) is 0 Å². The van der Waals surface area contributed by atoms with Gasteiger partial charge in [0.15, 0.2) is 0 Å². The first-order chi connectivity index (χ1) is 21.7. The van der Waals surface area contributed by atoms with Gasteiger partial charge in [0.05, 0.1) is 47.4 Å². The van der Waals surface area contributed by atoms with Gasteiger partial charge in [-0.2, -0.15) is 4.98 Å². The zero-order valence-electron chi connectivity index (χ0n) is 27.2. The molecule has 0 saturated heterocycles. The molecule has 1 aliphatic heterocycles. The molecule has 2 aromatic heterocycles. The van der Waals surface area contributed by atoms with E-state index in [4.69, 9.17) is 9.47 Å². The molecule has 1 amide bonds. The van der Waals surface area contributed by atoms with Crippen LogP contribution < -0.4 is 14.2 Å². The normalized spacial score (nSPS) is 16.5. The third-order valence-electron chi connectivity index (χ3n) is 7.40. The Kier molecular flexibility index (Phi) is 9.29. The van der Waals surface area contributed by atoms with Crippen molar-refractivity contribution in [3.8, 4) is 23.0 Å². The fourth-order valence-electron chi connectivity index (χ4n) is 5.45. The van der Waals surface area contributed by atoms with Gasteiger partial charge < -0.3 is 14.4 Å². The number of carbonyl (C=O) groups excluding carboxylic acids is 1. The van der Waals surface area contributed by atoms with Crippen molar-refractivity contribution in [2.45, 2.75) is 78.5 Å². The maximum absolute atomic E-state index is 14.3. The number of aryl methyl sites for hydroxylation is 2. The van der Waals surface area contributed by atoms with E-state index in [9.17, 15) is 13.2 Å². The fraction of sp³-hybridized carbons (Fsp3) is 0.382. The zero-order valence-corrected chi connectivity index (χ0v) is 28.1. The molecule has 12 heteroatoms. The number of rotatable bonds is 6. The van der Waals surface area contributed by atoms with Gasteiger partial charge in [-0.1, -0.05) is 45.0 Å². The highest BCUT2D eigenvalue weighted by Crippen LogP contribution is 2.31. The molecule has 4 bridgehead atoms. The van der Waals surface area contributed by atoms with E-state index in [-0.39, 0.29) is 52.9 Å². The molecule has 2 aromatic carbocycles. The van der Waals surface area contributed by atoms with Crippen molar-refractivity contribution in [1.82, 2.24) is 24.8 Å². The predicted molar refractivity (Wildman–Crippen MR) is 175 cm³/mol. The lowest BCUT2D eigenvalue weighted by Crippen LogP contribution is -2.45. The molecule has 0 spiro atoms. The van der Waals surface area contributed by atoms with Crippen LogP contribution in [0.25, 0.3) is 11.3 Å². The smallest absolute Gasteiger partial charge is 0.264 e. The topological polar surface area (TPSA) is 136 Å². The molecule has 242 valence electrons. The minimum Gasteiger partial charge on any atom is -0.475 e. The van der Waals surface area contributed by atoms with Gasteiger partial charge in [-0.15, -0.1) is 0 Å². The predicted octanol–water partition coefficient (Wildman–Crippen LogP) is 5.98. The van der Waals surface area contributed by atoms with Crippen LogP contribution in [-0.4, -0.2) is 57.9 Å². The minimum atomic E-state index is -4.17. The van der Waals surface area contributed by atoms with Crippen LogP contribution in [0.15, 0.2) is 65.8 Å². The maximum atomic E-state index is 14.3. The van der Waals surface area contributed by atoms with Gasteiger partial charge in [0.1, 0.15) is 6.61 Å². The number of aromatic nitrogens is 4. The highest BCUT2D eigenvalue weighted by atomic mass is 32.2. The molecule has 11 nitrogen and oxygen atoms in total. The molecule has 3 heterocycles. The summed E-state index contributed by atoms with van der Waals surface area (Å²) in [5.41, 5.74) is 3.86. The average molecular weight is 645 g/mol. The van der Waals surface area contributed by atoms with Crippen LogP contribution in [0.1, 0.15) is 68.2 Å². The minimum absolute atomic E-state index is 0.0650. The van der Waals surface area contributed by atoms with Crippen LogP contribution in [0.4, 0.5) is 5.95 Å². The number of hydrogen-bond acceptors (Lipinski definition) is 9. The Hall–Kier alpha value is -4.58. The Bertz CT molecular complexity index is 1820. The first-order valence-corrected chi connectivity index (χ1v) is 16.7. The van der Waals surface area contributed by atoms with Crippen molar-refractivity contribution < 1.29 is 22.7 Å². The summed E-state index contributed by atoms with van der Waals surface area (Å²) < 4.78 is 41.7. The molecule has 4 aromatic rings. The maximum Gasteiger partial charge on any atom is 0.264 e. The Balaban J connectivity index is 1.64. The molecular weight excluding hydrogens is 604 g/mol. The van der Waals surface area contributed by atoms with Gasteiger partial charge in [0.25, 0.3) is 15.9 Å². The van der Waals surface area contributed by atoms with Gasteiger partial charge in [-0.05, 0) is 68.9 Å². The summed E-state index contributed by atoms with van der Waals surface area (Å²) in [6.07, 6.45) is 3.62. The number of nitrogens with zero attached hydrogens (tertiary/aromatic N) is 5. The highest BCUT2D eigenvalue weighted by molar-refractivity contribution is 7.92. The van der Waals surface area contributed by atoms with E-state index in [1.54, 1.807) is 29.3 Å². The number of ether oxygens (including phenoxy) is 2. The van der Waals surface area contributed by atoms with Gasteiger partial charge >= 0.3 is 0 Å². The van der Waals surface area contributed by atoms with Gasteiger partial charge in [-0.25, -0.2) is 23.1 Å². The van der Waals surface area contributed by atoms with Gasteiger partial charge in [0, 0.05) is 17.2 Å². The summed E-state index contributed by atoms with van der Waals surface area (Å²) in [5.74, 6) is 0.0636. The van der Waals surface area contributed by atoms with Crippen molar-refractivity contribution in [2.75, 3.05) is 11.3 Å². The third kappa shape index (κ3) is 7.79. The molecule has 0 fully saturated rings. The number of carbonyl (C=O) groups is 1. The number of nitrogens with one attached hydrogen (secondary N) is 1. The average Bonchev–Trinajstić information content (AvgIpc) is 2.97. The van der Waals surface area contributed by atoms with Crippen LogP contribution in [0, 0.1) is 19.3 Å². The van der Waals surface area contributed by atoms with E-state index in [1.807, 2.05) is 45.9 Å². The first kappa shape index (κ1) is 32.8. The standard InChI is InChI=1S/C34H40N6O5S/c1-21(2)45-30-18-35-25(17-36-30)19-40-26(16-34(5,6)7)20-44-29-15-28(31-22(3)10-8-11-23(31)4)37-33(38-29)39-46(42,43)27-13-9-12-24(14-27)32(40)41/h8-15,17-18,21,26H,16,19-20H2,1-7H3,(H,37,38,39)/t26-/m1/s1. The van der Waals surface area contributed by atoms with Crippen LogP contribution in [0.5, 0.6) is 11.8 Å². The summed E-state index contributed by atoms with van der Waals surface area (Å²) >= 11 is 0. The highest BCUT2D eigenvalue weighted by Gasteiger charge is 2.32. The van der Waals surface area contributed by atoms with Crippen LogP contribution in [-0.2, 0) is 16.6 Å². The third-order valence-corrected chi connectivity index (χ3v) is 8.73. The second-order valence-corrected chi connectivity index (χ2v) is 14.7. The summed E-state index contributed by atoms with van der Waals surface area (Å²) in [6.45, 7) is 14.2. The molecule has 0 radical (unpaired) electrons. The number of sulfonamides is 1. The van der Waals surface area contributed by atoms with E-state index in [2.05, 4.69) is 45.4 Å². The summed E-state index contributed by atoms with van der Waals surface area (Å²) in [6, 6.07) is 13.1. The number of anilines is 1. The SMILES string of the molecule is Cc1cccc(C)c1-c1cc2nc(n1)NS(=O)(=O)c1cccc(c1)C(=O)N(Cc1cnc(OC(C)C)cn1)[C@H](CC(C)(C)C)CO2. The molecule has 0 unspecified atom stereocenters. The molecule has 1 aliphatic rings. The van der Waals surface area contributed by atoms with E-state index < -0.39 is 16.1 Å². The van der Waals surface area contributed by atoms with E-state index in [1.165, 1.54) is 18.3 Å². The van der Waals surface area contributed by atoms with Gasteiger partial charge in [-0.3, -0.25) is 9.78 Å². The lowest BCUT2D eigenvalue weighted by molar-refractivity contribution is 0.0509. The monoisotopic (exact) mass is 644 g/mol. The summed E-state index contributed by atoms with van der Waals surface area (Å²) in [4.78, 5) is 33.8. The molecule has 1 atom stereocenters. The number of amides is 1. The molecule has 1 N–H and O–H groups in total. The van der Waals surface area contributed by atoms with Crippen molar-refractivity contribution in [3.63, 3.8) is 0 Å². The molecule has 0 aliphatic carbocycles. The van der Waals surface area contributed by atoms with Crippen molar-refractivity contribution in [3.05, 3.63) is 83.3 Å². The summed E-state index contributed by atoms with van der Waals surface area (Å²) in [5, 5.41) is 0. The van der Waals surface area contributed by atoms with Crippen LogP contribution >= 0.6 is 0 Å². The van der Waals surface area contributed by atoms with Crippen molar-refractivity contribution in [2.24, 2.45) is 5.41 Å². The second kappa shape index (κ2) is 13.0. The Morgan fingerprint density at radius 2 is 1.74 bits per heavy atom. The zero-order chi connectivity index (χ0) is 33.2.